The number of likely N-dealkylation sites (tertiary alicyclic amines) is 1. The number of nitriles is 1. The van der Waals surface area contributed by atoms with Crippen molar-refractivity contribution in [1.29, 1.82) is 5.26 Å². The van der Waals surface area contributed by atoms with Gasteiger partial charge in [-0.05, 0) is 39.8 Å². The molecule has 1 saturated heterocycles. The number of hydrogen-bond acceptors (Lipinski definition) is 3. The summed E-state index contributed by atoms with van der Waals surface area (Å²) in [6.45, 7) is 9.16. The maximum atomic E-state index is 9.19. The zero-order valence-corrected chi connectivity index (χ0v) is 10.2. The third-order valence-corrected chi connectivity index (χ3v) is 3.27. The molecule has 0 aromatic rings. The Bertz CT molecular complexity index is 234. The summed E-state index contributed by atoms with van der Waals surface area (Å²) < 4.78 is 0. The molecular weight excluding hydrogens is 186 g/mol. The molecule has 0 aliphatic carbocycles. The van der Waals surface area contributed by atoms with Gasteiger partial charge in [-0.15, -0.1) is 0 Å². The second-order valence-electron chi connectivity index (χ2n) is 4.79. The van der Waals surface area contributed by atoms with Gasteiger partial charge in [-0.2, -0.15) is 5.26 Å². The highest BCUT2D eigenvalue weighted by atomic mass is 15.2. The van der Waals surface area contributed by atoms with E-state index >= 15 is 0 Å². The van der Waals surface area contributed by atoms with Crippen molar-refractivity contribution in [2.75, 3.05) is 19.6 Å². The molecule has 1 aliphatic rings. The highest BCUT2D eigenvalue weighted by molar-refractivity contribution is 5.06. The summed E-state index contributed by atoms with van der Waals surface area (Å²) in [6.07, 6.45) is 3.88. The Morgan fingerprint density at radius 3 is 2.80 bits per heavy atom. The molecule has 0 saturated carbocycles. The van der Waals surface area contributed by atoms with Crippen LogP contribution in [0.4, 0.5) is 0 Å². The van der Waals surface area contributed by atoms with E-state index in [9.17, 15) is 5.26 Å². The van der Waals surface area contributed by atoms with Crippen LogP contribution in [0.15, 0.2) is 0 Å². The van der Waals surface area contributed by atoms with Crippen LogP contribution in [0.1, 0.15) is 40.0 Å². The number of rotatable bonds is 4. The largest absolute Gasteiger partial charge is 0.299 e. The number of nitrogens with one attached hydrogen (secondary N) is 1. The third-order valence-electron chi connectivity index (χ3n) is 3.27. The summed E-state index contributed by atoms with van der Waals surface area (Å²) in [6, 6.07) is 3.02. The predicted octanol–water partition coefficient (Wildman–Crippen LogP) is 1.75. The Labute approximate surface area is 93.5 Å². The molecule has 0 bridgehead atoms. The molecule has 1 N–H and O–H groups in total. The monoisotopic (exact) mass is 209 g/mol. The third kappa shape index (κ3) is 3.48. The van der Waals surface area contributed by atoms with Crippen molar-refractivity contribution in [2.45, 2.75) is 51.6 Å². The lowest BCUT2D eigenvalue weighted by Gasteiger charge is -2.38. The second-order valence-corrected chi connectivity index (χ2v) is 4.79. The lowest BCUT2D eigenvalue weighted by atomic mass is 9.98. The average Bonchev–Trinajstić information content (AvgIpc) is 2.22. The maximum absolute atomic E-state index is 9.19. The smallest absolute Gasteiger partial charge is 0.116 e. The fourth-order valence-corrected chi connectivity index (χ4v) is 2.32. The van der Waals surface area contributed by atoms with Crippen LogP contribution in [0.2, 0.25) is 0 Å². The first kappa shape index (κ1) is 12.5. The van der Waals surface area contributed by atoms with E-state index in [2.05, 4.69) is 30.1 Å². The minimum atomic E-state index is -0.389. The molecule has 1 rings (SSSR count). The van der Waals surface area contributed by atoms with Crippen LogP contribution in [0.3, 0.4) is 0 Å². The standard InChI is InChI=1S/C12H23N3/c1-4-14-12(3,9-13)10-15-8-6-5-7-11(15)2/h11,14H,4-8,10H2,1-3H3. The van der Waals surface area contributed by atoms with Gasteiger partial charge in [0.2, 0.25) is 0 Å². The molecule has 0 aromatic carbocycles. The first-order valence-electron chi connectivity index (χ1n) is 6.01. The Morgan fingerprint density at radius 2 is 2.27 bits per heavy atom. The Hall–Kier alpha value is -0.590. The first-order chi connectivity index (χ1) is 7.11. The predicted molar refractivity (Wildman–Crippen MR) is 62.6 cm³/mol. The summed E-state index contributed by atoms with van der Waals surface area (Å²) in [7, 11) is 0. The number of hydrogen-bond donors (Lipinski definition) is 1. The van der Waals surface area contributed by atoms with E-state index < -0.39 is 0 Å². The topological polar surface area (TPSA) is 39.1 Å². The van der Waals surface area contributed by atoms with Crippen molar-refractivity contribution in [3.8, 4) is 6.07 Å². The van der Waals surface area contributed by atoms with E-state index in [0.717, 1.165) is 19.6 Å². The minimum absolute atomic E-state index is 0.389. The number of piperidine rings is 1. The maximum Gasteiger partial charge on any atom is 0.116 e. The SMILES string of the molecule is CCNC(C)(C#N)CN1CCCCC1C. The van der Waals surface area contributed by atoms with E-state index in [0.29, 0.717) is 6.04 Å². The van der Waals surface area contributed by atoms with Gasteiger partial charge in [-0.25, -0.2) is 0 Å². The fraction of sp³-hybridized carbons (Fsp3) is 0.917. The van der Waals surface area contributed by atoms with Crippen molar-refractivity contribution in [1.82, 2.24) is 10.2 Å². The zero-order chi connectivity index (χ0) is 11.3. The Balaban J connectivity index is 2.54. The van der Waals surface area contributed by atoms with Gasteiger partial charge in [0.15, 0.2) is 0 Å². The fourth-order valence-electron chi connectivity index (χ4n) is 2.32. The molecular formula is C12H23N3. The molecule has 1 aliphatic heterocycles. The van der Waals surface area contributed by atoms with E-state index in [4.69, 9.17) is 0 Å². The summed E-state index contributed by atoms with van der Waals surface area (Å²) in [5.74, 6) is 0. The Morgan fingerprint density at radius 1 is 1.53 bits per heavy atom. The molecule has 1 heterocycles. The molecule has 15 heavy (non-hydrogen) atoms. The van der Waals surface area contributed by atoms with Crippen molar-refractivity contribution in [3.63, 3.8) is 0 Å². The van der Waals surface area contributed by atoms with Gasteiger partial charge in [-0.3, -0.25) is 10.2 Å². The highest BCUT2D eigenvalue weighted by Crippen LogP contribution is 2.18. The molecule has 2 atom stereocenters. The molecule has 2 unspecified atom stereocenters. The van der Waals surface area contributed by atoms with Gasteiger partial charge in [-0.1, -0.05) is 13.3 Å². The minimum Gasteiger partial charge on any atom is -0.299 e. The molecule has 3 nitrogen and oxygen atoms in total. The van der Waals surface area contributed by atoms with Gasteiger partial charge >= 0.3 is 0 Å². The quantitative estimate of drug-likeness (QED) is 0.766. The van der Waals surface area contributed by atoms with E-state index in [1.54, 1.807) is 0 Å². The molecule has 86 valence electrons. The normalized spacial score (nSPS) is 26.9. The van der Waals surface area contributed by atoms with Crippen molar-refractivity contribution >= 4 is 0 Å². The average molecular weight is 209 g/mol. The summed E-state index contributed by atoms with van der Waals surface area (Å²) >= 11 is 0. The van der Waals surface area contributed by atoms with E-state index in [1.807, 2.05) is 6.92 Å². The van der Waals surface area contributed by atoms with Crippen LogP contribution in [-0.2, 0) is 0 Å². The van der Waals surface area contributed by atoms with Gasteiger partial charge in [0.25, 0.3) is 0 Å². The van der Waals surface area contributed by atoms with Gasteiger partial charge in [0.1, 0.15) is 5.54 Å². The molecule has 1 fully saturated rings. The summed E-state index contributed by atoms with van der Waals surface area (Å²) in [4.78, 5) is 2.44. The van der Waals surface area contributed by atoms with Crippen LogP contribution in [0, 0.1) is 11.3 Å². The van der Waals surface area contributed by atoms with Crippen LogP contribution in [-0.4, -0.2) is 36.1 Å². The molecule has 0 amide bonds. The van der Waals surface area contributed by atoms with Crippen molar-refractivity contribution in [2.24, 2.45) is 0 Å². The van der Waals surface area contributed by atoms with Crippen LogP contribution in [0.5, 0.6) is 0 Å². The lowest BCUT2D eigenvalue weighted by molar-refractivity contribution is 0.132. The van der Waals surface area contributed by atoms with Gasteiger partial charge in [0, 0.05) is 12.6 Å². The molecule has 0 radical (unpaired) electrons. The number of nitrogens with zero attached hydrogens (tertiary/aromatic N) is 2. The number of likely N-dealkylation sites (N-methyl/N-ethyl adjacent to an activating group) is 1. The zero-order valence-electron chi connectivity index (χ0n) is 10.2. The first-order valence-corrected chi connectivity index (χ1v) is 6.01. The van der Waals surface area contributed by atoms with Crippen LogP contribution >= 0.6 is 0 Å². The van der Waals surface area contributed by atoms with Gasteiger partial charge in [0.05, 0.1) is 6.07 Å². The Kier molecular flexibility index (Phi) is 4.56. The van der Waals surface area contributed by atoms with E-state index in [1.165, 1.54) is 19.3 Å². The lowest BCUT2D eigenvalue weighted by Crippen LogP contribution is -2.53. The van der Waals surface area contributed by atoms with Crippen molar-refractivity contribution < 1.29 is 0 Å². The molecule has 3 heteroatoms. The van der Waals surface area contributed by atoms with Crippen LogP contribution < -0.4 is 5.32 Å². The highest BCUT2D eigenvalue weighted by Gasteiger charge is 2.29. The summed E-state index contributed by atoms with van der Waals surface area (Å²) in [5.41, 5.74) is -0.389. The summed E-state index contributed by atoms with van der Waals surface area (Å²) in [5, 5.41) is 12.5. The van der Waals surface area contributed by atoms with Crippen molar-refractivity contribution in [3.05, 3.63) is 0 Å². The van der Waals surface area contributed by atoms with Gasteiger partial charge < -0.3 is 0 Å². The molecule has 0 aromatic heterocycles. The molecule has 0 spiro atoms. The van der Waals surface area contributed by atoms with E-state index in [-0.39, 0.29) is 5.54 Å². The van der Waals surface area contributed by atoms with Crippen LogP contribution in [0.25, 0.3) is 0 Å². The second kappa shape index (κ2) is 5.48.